The molecule has 0 spiro atoms. The van der Waals surface area contributed by atoms with Crippen molar-refractivity contribution in [3.63, 3.8) is 0 Å². The Bertz CT molecular complexity index is 666. The molecule has 1 atom stereocenters. The van der Waals surface area contributed by atoms with E-state index < -0.39 is 6.04 Å². The third-order valence-electron chi connectivity index (χ3n) is 3.73. The highest BCUT2D eigenvalue weighted by molar-refractivity contribution is 5.96. The molecule has 0 bridgehead atoms. The van der Waals surface area contributed by atoms with Gasteiger partial charge in [0.05, 0.1) is 5.69 Å². The zero-order chi connectivity index (χ0) is 15.4. The van der Waals surface area contributed by atoms with Gasteiger partial charge in [-0.25, -0.2) is 0 Å². The van der Waals surface area contributed by atoms with Crippen LogP contribution >= 0.6 is 0 Å². The summed E-state index contributed by atoms with van der Waals surface area (Å²) in [6.07, 6.45) is 2.53. The molecule has 0 saturated carbocycles. The Hall–Kier alpha value is -2.63. The minimum Gasteiger partial charge on any atom is -0.354 e. The van der Waals surface area contributed by atoms with E-state index in [2.05, 4.69) is 20.8 Å². The highest BCUT2D eigenvalue weighted by Gasteiger charge is 2.23. The number of hydrogen-bond donors (Lipinski definition) is 3. The molecule has 6 nitrogen and oxygen atoms in total. The van der Waals surface area contributed by atoms with E-state index in [4.69, 9.17) is 0 Å². The smallest absolute Gasteiger partial charge is 0.269 e. The Morgan fingerprint density at radius 3 is 2.86 bits per heavy atom. The van der Waals surface area contributed by atoms with Gasteiger partial charge in [0.15, 0.2) is 0 Å². The maximum Gasteiger partial charge on any atom is 0.269 e. The van der Waals surface area contributed by atoms with Gasteiger partial charge in [-0.05, 0) is 25.3 Å². The number of carbonyl (C=O) groups excluding carboxylic acids is 2. The van der Waals surface area contributed by atoms with Crippen LogP contribution in [0.25, 0.3) is 11.3 Å². The van der Waals surface area contributed by atoms with Gasteiger partial charge in [-0.15, -0.1) is 0 Å². The number of nitrogens with zero attached hydrogens (tertiary/aromatic N) is 1. The van der Waals surface area contributed by atoms with Crippen LogP contribution in [0.15, 0.2) is 36.4 Å². The molecule has 1 saturated heterocycles. The van der Waals surface area contributed by atoms with Crippen LogP contribution in [0.3, 0.4) is 0 Å². The summed E-state index contributed by atoms with van der Waals surface area (Å²) in [6, 6.07) is 10.8. The number of carbonyl (C=O) groups is 2. The summed E-state index contributed by atoms with van der Waals surface area (Å²) < 4.78 is 0. The number of benzene rings is 1. The molecule has 1 aliphatic rings. The van der Waals surface area contributed by atoms with Crippen molar-refractivity contribution in [3.8, 4) is 11.3 Å². The largest absolute Gasteiger partial charge is 0.354 e. The van der Waals surface area contributed by atoms with Gasteiger partial charge in [-0.2, -0.15) is 5.10 Å². The van der Waals surface area contributed by atoms with E-state index in [1.165, 1.54) is 0 Å². The first-order chi connectivity index (χ1) is 10.7. The number of nitrogens with one attached hydrogen (secondary N) is 3. The van der Waals surface area contributed by atoms with Crippen molar-refractivity contribution in [2.75, 3.05) is 6.54 Å². The molecule has 114 valence electrons. The van der Waals surface area contributed by atoms with E-state index in [0.717, 1.165) is 18.4 Å². The zero-order valence-corrected chi connectivity index (χ0v) is 12.1. The third-order valence-corrected chi connectivity index (χ3v) is 3.73. The SMILES string of the molecule is O=C(N[C@@H]1CCCCNC1=O)c1cc(-c2ccccc2)n[nH]1. The molecule has 0 radical (unpaired) electrons. The van der Waals surface area contributed by atoms with E-state index in [-0.39, 0.29) is 11.8 Å². The summed E-state index contributed by atoms with van der Waals surface area (Å²) in [5.74, 6) is -0.426. The van der Waals surface area contributed by atoms with E-state index in [1.807, 2.05) is 30.3 Å². The predicted octanol–water partition coefficient (Wildman–Crippen LogP) is 1.48. The van der Waals surface area contributed by atoms with Gasteiger partial charge in [-0.3, -0.25) is 14.7 Å². The van der Waals surface area contributed by atoms with Crippen LogP contribution in [0.4, 0.5) is 0 Å². The highest BCUT2D eigenvalue weighted by Crippen LogP contribution is 2.17. The number of H-pyrrole nitrogens is 1. The number of amides is 2. The van der Waals surface area contributed by atoms with E-state index in [1.54, 1.807) is 6.07 Å². The minimum atomic E-state index is -0.474. The van der Waals surface area contributed by atoms with Crippen molar-refractivity contribution in [2.24, 2.45) is 0 Å². The number of rotatable bonds is 3. The first kappa shape index (κ1) is 14.3. The second kappa shape index (κ2) is 6.43. The molecule has 1 aliphatic heterocycles. The molecule has 0 unspecified atom stereocenters. The normalized spacial score (nSPS) is 18.4. The fourth-order valence-electron chi connectivity index (χ4n) is 2.51. The van der Waals surface area contributed by atoms with Crippen LogP contribution in [-0.2, 0) is 4.79 Å². The quantitative estimate of drug-likeness (QED) is 0.802. The maximum absolute atomic E-state index is 12.3. The Kier molecular flexibility index (Phi) is 4.18. The van der Waals surface area contributed by atoms with Gasteiger partial charge in [0, 0.05) is 12.1 Å². The monoisotopic (exact) mass is 298 g/mol. The fraction of sp³-hybridized carbons (Fsp3) is 0.312. The van der Waals surface area contributed by atoms with Gasteiger partial charge in [0.25, 0.3) is 5.91 Å². The highest BCUT2D eigenvalue weighted by atomic mass is 16.2. The summed E-state index contributed by atoms with van der Waals surface area (Å²) in [5.41, 5.74) is 2.00. The lowest BCUT2D eigenvalue weighted by Crippen LogP contribution is -2.45. The standard InChI is InChI=1S/C16H18N4O2/c21-15-12(8-4-5-9-17-15)18-16(22)14-10-13(19-20-14)11-6-2-1-3-7-11/h1-3,6-7,10,12H,4-5,8-9H2,(H,17,21)(H,18,22)(H,19,20)/t12-/m1/s1. The molecule has 6 heteroatoms. The zero-order valence-electron chi connectivity index (χ0n) is 12.1. The number of hydrogen-bond acceptors (Lipinski definition) is 3. The van der Waals surface area contributed by atoms with Gasteiger partial charge in [-0.1, -0.05) is 30.3 Å². The van der Waals surface area contributed by atoms with Crippen LogP contribution in [0.1, 0.15) is 29.8 Å². The van der Waals surface area contributed by atoms with Crippen molar-refractivity contribution in [1.82, 2.24) is 20.8 Å². The Morgan fingerprint density at radius 2 is 2.05 bits per heavy atom. The summed E-state index contributed by atoms with van der Waals surface area (Å²) in [4.78, 5) is 24.1. The van der Waals surface area contributed by atoms with Crippen molar-refractivity contribution in [1.29, 1.82) is 0 Å². The summed E-state index contributed by atoms with van der Waals surface area (Å²) in [5, 5.41) is 12.5. The van der Waals surface area contributed by atoms with Crippen molar-refractivity contribution in [3.05, 3.63) is 42.1 Å². The topological polar surface area (TPSA) is 86.9 Å². The van der Waals surface area contributed by atoms with Gasteiger partial charge >= 0.3 is 0 Å². The van der Waals surface area contributed by atoms with Crippen LogP contribution in [0, 0.1) is 0 Å². The summed E-state index contributed by atoms with van der Waals surface area (Å²) >= 11 is 0. The molecule has 1 aromatic carbocycles. The van der Waals surface area contributed by atoms with E-state index in [0.29, 0.717) is 24.4 Å². The lowest BCUT2D eigenvalue weighted by molar-refractivity contribution is -0.122. The van der Waals surface area contributed by atoms with Crippen LogP contribution in [0.5, 0.6) is 0 Å². The summed E-state index contributed by atoms with van der Waals surface area (Å²) in [6.45, 7) is 0.674. The Morgan fingerprint density at radius 1 is 1.23 bits per heavy atom. The van der Waals surface area contributed by atoms with Crippen molar-refractivity contribution >= 4 is 11.8 Å². The molecule has 2 heterocycles. The average molecular weight is 298 g/mol. The number of aromatic nitrogens is 2. The van der Waals surface area contributed by atoms with E-state index in [9.17, 15) is 9.59 Å². The predicted molar refractivity (Wildman–Crippen MR) is 82.1 cm³/mol. The van der Waals surface area contributed by atoms with Crippen molar-refractivity contribution in [2.45, 2.75) is 25.3 Å². The lowest BCUT2D eigenvalue weighted by atomic mass is 10.1. The molecule has 2 aromatic rings. The van der Waals surface area contributed by atoms with Gasteiger partial charge in [0.2, 0.25) is 5.91 Å². The molecular weight excluding hydrogens is 280 g/mol. The first-order valence-corrected chi connectivity index (χ1v) is 7.43. The molecular formula is C16H18N4O2. The minimum absolute atomic E-state index is 0.117. The summed E-state index contributed by atoms with van der Waals surface area (Å²) in [7, 11) is 0. The van der Waals surface area contributed by atoms with Crippen LogP contribution in [-0.4, -0.2) is 34.6 Å². The second-order valence-electron chi connectivity index (χ2n) is 5.35. The second-order valence-corrected chi connectivity index (χ2v) is 5.35. The molecule has 22 heavy (non-hydrogen) atoms. The molecule has 1 aromatic heterocycles. The van der Waals surface area contributed by atoms with Crippen LogP contribution in [0.2, 0.25) is 0 Å². The third kappa shape index (κ3) is 3.16. The maximum atomic E-state index is 12.3. The molecule has 0 aliphatic carbocycles. The molecule has 3 rings (SSSR count). The lowest BCUT2D eigenvalue weighted by Gasteiger charge is -2.14. The Balaban J connectivity index is 1.70. The molecule has 1 fully saturated rings. The van der Waals surface area contributed by atoms with Crippen LogP contribution < -0.4 is 10.6 Å². The molecule has 2 amide bonds. The van der Waals surface area contributed by atoms with E-state index >= 15 is 0 Å². The Labute approximate surface area is 128 Å². The van der Waals surface area contributed by atoms with Gasteiger partial charge in [0.1, 0.15) is 11.7 Å². The van der Waals surface area contributed by atoms with Crippen molar-refractivity contribution < 1.29 is 9.59 Å². The number of aromatic amines is 1. The fourth-order valence-corrected chi connectivity index (χ4v) is 2.51. The van der Waals surface area contributed by atoms with Gasteiger partial charge < -0.3 is 10.6 Å². The first-order valence-electron chi connectivity index (χ1n) is 7.43. The molecule has 3 N–H and O–H groups in total. The average Bonchev–Trinajstić information content (AvgIpc) is 2.96.